The fourth-order valence-electron chi connectivity index (χ4n) is 1.23. The van der Waals surface area contributed by atoms with Crippen LogP contribution in [0.3, 0.4) is 0 Å². The Morgan fingerprint density at radius 3 is 2.69 bits per heavy atom. The third kappa shape index (κ3) is 3.73. The molecule has 1 aromatic rings. The number of esters is 1. The van der Waals surface area contributed by atoms with Gasteiger partial charge in [0.25, 0.3) is 0 Å². The van der Waals surface area contributed by atoms with Crippen LogP contribution in [0.1, 0.15) is 18.9 Å². The maximum atomic E-state index is 11.6. The summed E-state index contributed by atoms with van der Waals surface area (Å²) < 4.78 is 5.27. The van der Waals surface area contributed by atoms with Crippen LogP contribution in [-0.2, 0) is 9.53 Å². The van der Waals surface area contributed by atoms with E-state index in [0.717, 1.165) is 10.3 Å². The molecule has 4 nitrogen and oxygen atoms in total. The van der Waals surface area contributed by atoms with Crippen molar-refractivity contribution >= 4 is 12.2 Å². The number of rotatable bonds is 4. The molecule has 86 valence electrons. The van der Waals surface area contributed by atoms with Crippen molar-refractivity contribution in [2.45, 2.75) is 19.4 Å². The third-order valence-corrected chi connectivity index (χ3v) is 2.20. The van der Waals surface area contributed by atoms with E-state index in [1.165, 1.54) is 13.3 Å². The zero-order valence-corrected chi connectivity index (χ0v) is 9.42. The van der Waals surface area contributed by atoms with Crippen molar-refractivity contribution in [2.24, 2.45) is 0 Å². The number of hydrogen-bond acceptors (Lipinski definition) is 3. The highest BCUT2D eigenvalue weighted by Crippen LogP contribution is 2.00. The lowest BCUT2D eigenvalue weighted by Crippen LogP contribution is -2.23. The minimum atomic E-state index is -0.423. The van der Waals surface area contributed by atoms with E-state index in [1.807, 2.05) is 30.3 Å². The standard InChI is InChI=1S/C12H15NO3/c1-10(8-12(14)16-2)13(15)9-11-6-4-3-5-7-11/h3-7,9-10H,8H2,1-2H3/b13-9+. The molecule has 0 saturated heterocycles. The molecule has 0 fully saturated rings. The van der Waals surface area contributed by atoms with E-state index in [2.05, 4.69) is 4.74 Å². The van der Waals surface area contributed by atoms with Crippen LogP contribution in [0.5, 0.6) is 0 Å². The molecule has 0 heterocycles. The Labute approximate surface area is 94.7 Å². The zero-order chi connectivity index (χ0) is 12.0. The van der Waals surface area contributed by atoms with Gasteiger partial charge in [-0.1, -0.05) is 18.2 Å². The fraction of sp³-hybridized carbons (Fsp3) is 0.333. The highest BCUT2D eigenvalue weighted by Gasteiger charge is 2.14. The Morgan fingerprint density at radius 1 is 1.50 bits per heavy atom. The molecule has 0 radical (unpaired) electrons. The molecule has 1 aromatic carbocycles. The number of benzene rings is 1. The monoisotopic (exact) mass is 221 g/mol. The van der Waals surface area contributed by atoms with Gasteiger partial charge in [-0.3, -0.25) is 4.79 Å². The zero-order valence-electron chi connectivity index (χ0n) is 9.42. The molecule has 0 spiro atoms. The number of methoxy groups -OCH3 is 1. The Kier molecular flexibility index (Phi) is 4.51. The van der Waals surface area contributed by atoms with Crippen LogP contribution in [0, 0.1) is 5.21 Å². The molecular weight excluding hydrogens is 206 g/mol. The first kappa shape index (κ1) is 12.2. The lowest BCUT2D eigenvalue weighted by Gasteiger charge is -2.11. The lowest BCUT2D eigenvalue weighted by molar-refractivity contribution is -0.491. The summed E-state index contributed by atoms with van der Waals surface area (Å²) in [6.07, 6.45) is 1.55. The lowest BCUT2D eigenvalue weighted by atomic mass is 10.2. The van der Waals surface area contributed by atoms with Gasteiger partial charge in [0.05, 0.1) is 7.11 Å². The van der Waals surface area contributed by atoms with Crippen molar-refractivity contribution in [2.75, 3.05) is 7.11 Å². The molecule has 0 aliphatic rings. The summed E-state index contributed by atoms with van der Waals surface area (Å²) in [6, 6.07) is 8.82. The van der Waals surface area contributed by atoms with E-state index in [4.69, 9.17) is 0 Å². The first-order valence-electron chi connectivity index (χ1n) is 5.05. The number of carbonyl (C=O) groups excluding carboxylic acids is 1. The Balaban J connectivity index is 2.66. The van der Waals surface area contributed by atoms with Crippen LogP contribution in [0.15, 0.2) is 30.3 Å². The van der Waals surface area contributed by atoms with Gasteiger partial charge < -0.3 is 9.94 Å². The van der Waals surface area contributed by atoms with E-state index in [9.17, 15) is 10.0 Å². The van der Waals surface area contributed by atoms with Gasteiger partial charge >= 0.3 is 5.97 Å². The summed E-state index contributed by atoms with van der Waals surface area (Å²) in [4.78, 5) is 11.0. The molecule has 0 N–H and O–H groups in total. The largest absolute Gasteiger partial charge is 0.624 e. The van der Waals surface area contributed by atoms with Crippen molar-refractivity contribution in [3.8, 4) is 0 Å². The summed E-state index contributed by atoms with van der Waals surface area (Å²) in [5, 5.41) is 11.6. The minimum Gasteiger partial charge on any atom is -0.624 e. The van der Waals surface area contributed by atoms with E-state index in [1.54, 1.807) is 6.92 Å². The van der Waals surface area contributed by atoms with Crippen LogP contribution in [0.4, 0.5) is 0 Å². The average molecular weight is 221 g/mol. The molecule has 1 rings (SSSR count). The molecular formula is C12H15NO3. The van der Waals surface area contributed by atoms with Gasteiger partial charge in [-0.25, -0.2) is 4.74 Å². The first-order chi connectivity index (χ1) is 7.63. The Bertz CT molecular complexity index is 373. The van der Waals surface area contributed by atoms with Crippen LogP contribution < -0.4 is 0 Å². The maximum absolute atomic E-state index is 11.6. The summed E-state index contributed by atoms with van der Waals surface area (Å²) in [5.74, 6) is -0.380. The van der Waals surface area contributed by atoms with Gasteiger partial charge in [0.1, 0.15) is 6.42 Å². The van der Waals surface area contributed by atoms with E-state index in [-0.39, 0.29) is 12.4 Å². The van der Waals surface area contributed by atoms with E-state index >= 15 is 0 Å². The number of nitrogens with zero attached hydrogens (tertiary/aromatic N) is 1. The van der Waals surface area contributed by atoms with Crippen molar-refractivity contribution in [3.63, 3.8) is 0 Å². The number of hydrogen-bond donors (Lipinski definition) is 0. The molecule has 16 heavy (non-hydrogen) atoms. The molecule has 1 unspecified atom stereocenters. The SMILES string of the molecule is COC(=O)CC(C)/[N+]([O-])=C\c1ccccc1. The normalized spacial score (nSPS) is 13.2. The summed E-state index contributed by atoms with van der Waals surface area (Å²) in [5.41, 5.74) is 0.814. The van der Waals surface area contributed by atoms with Crippen LogP contribution in [-0.4, -0.2) is 30.1 Å². The van der Waals surface area contributed by atoms with Crippen LogP contribution >= 0.6 is 0 Å². The Hall–Kier alpha value is -1.84. The van der Waals surface area contributed by atoms with Gasteiger partial charge in [0, 0.05) is 5.56 Å². The minimum absolute atomic E-state index is 0.0866. The van der Waals surface area contributed by atoms with Gasteiger partial charge in [0.15, 0.2) is 12.3 Å². The smallest absolute Gasteiger partial charge is 0.312 e. The molecule has 1 atom stereocenters. The average Bonchev–Trinajstić information content (AvgIpc) is 2.30. The summed E-state index contributed by atoms with van der Waals surface area (Å²) in [7, 11) is 1.31. The van der Waals surface area contributed by atoms with E-state index in [0.29, 0.717) is 0 Å². The van der Waals surface area contributed by atoms with Crippen molar-refractivity contribution in [1.29, 1.82) is 0 Å². The first-order valence-corrected chi connectivity index (χ1v) is 5.05. The molecule has 0 bridgehead atoms. The van der Waals surface area contributed by atoms with Gasteiger partial charge in [-0.2, -0.15) is 0 Å². The predicted molar refractivity (Wildman–Crippen MR) is 61.3 cm³/mol. The fourth-order valence-corrected chi connectivity index (χ4v) is 1.23. The van der Waals surface area contributed by atoms with Gasteiger partial charge in [-0.15, -0.1) is 0 Å². The molecule has 0 aliphatic heterocycles. The Morgan fingerprint density at radius 2 is 2.12 bits per heavy atom. The topological polar surface area (TPSA) is 52.4 Å². The number of ether oxygens (including phenoxy) is 1. The predicted octanol–water partition coefficient (Wildman–Crippen LogP) is 1.57. The van der Waals surface area contributed by atoms with Gasteiger partial charge in [-0.05, 0) is 19.1 Å². The summed E-state index contributed by atoms with van der Waals surface area (Å²) in [6.45, 7) is 1.68. The third-order valence-electron chi connectivity index (χ3n) is 2.20. The van der Waals surface area contributed by atoms with Crippen molar-refractivity contribution in [3.05, 3.63) is 41.1 Å². The number of hydroxylamine groups is 1. The number of carbonyl (C=O) groups is 1. The molecule has 4 heteroatoms. The van der Waals surface area contributed by atoms with Crippen LogP contribution in [0.2, 0.25) is 0 Å². The summed E-state index contributed by atoms with van der Waals surface area (Å²) >= 11 is 0. The molecule has 0 aromatic heterocycles. The van der Waals surface area contributed by atoms with Crippen molar-refractivity contribution in [1.82, 2.24) is 0 Å². The molecule has 0 amide bonds. The molecule has 0 aliphatic carbocycles. The molecule has 0 saturated carbocycles. The quantitative estimate of drug-likeness (QED) is 0.255. The van der Waals surface area contributed by atoms with E-state index < -0.39 is 6.04 Å². The van der Waals surface area contributed by atoms with Crippen molar-refractivity contribution < 1.29 is 14.3 Å². The second-order valence-electron chi connectivity index (χ2n) is 3.53. The van der Waals surface area contributed by atoms with Gasteiger partial charge in [0.2, 0.25) is 0 Å². The second-order valence-corrected chi connectivity index (χ2v) is 3.53. The van der Waals surface area contributed by atoms with Crippen LogP contribution in [0.25, 0.3) is 0 Å². The second kappa shape index (κ2) is 5.90. The maximum Gasteiger partial charge on any atom is 0.312 e. The highest BCUT2D eigenvalue weighted by atomic mass is 16.5. The highest BCUT2D eigenvalue weighted by molar-refractivity contribution is 5.75.